The van der Waals surface area contributed by atoms with Gasteiger partial charge >= 0.3 is 0 Å². The number of thiophene rings is 1. The summed E-state index contributed by atoms with van der Waals surface area (Å²) < 4.78 is 13.4. The molecule has 0 radical (unpaired) electrons. The van der Waals surface area contributed by atoms with Crippen molar-refractivity contribution in [3.63, 3.8) is 0 Å². The topological polar surface area (TPSA) is 90.9 Å². The summed E-state index contributed by atoms with van der Waals surface area (Å²) in [6.45, 7) is 1.52. The monoisotopic (exact) mass is 478 g/mol. The van der Waals surface area contributed by atoms with Crippen molar-refractivity contribution in [2.24, 2.45) is 4.99 Å². The second-order valence-corrected chi connectivity index (χ2v) is 8.82. The van der Waals surface area contributed by atoms with Crippen LogP contribution in [-0.2, 0) is 20.8 Å². The van der Waals surface area contributed by atoms with Crippen LogP contribution >= 0.6 is 11.3 Å². The SMILES string of the molecule is C[C@H](NC(=O)Cc1cccc(F)c1)C(=O)NC1N=C(c2cccs2)c2ccccc2N(C)C1=O. The average Bonchev–Trinajstić information content (AvgIpc) is 3.32. The third-order valence-electron chi connectivity index (χ3n) is 5.40. The number of hydrogen-bond acceptors (Lipinski definition) is 5. The van der Waals surface area contributed by atoms with Crippen molar-refractivity contribution in [3.05, 3.63) is 87.9 Å². The molecule has 0 aliphatic carbocycles. The zero-order valence-corrected chi connectivity index (χ0v) is 19.4. The Hall–Kier alpha value is -3.85. The first-order valence-corrected chi connectivity index (χ1v) is 11.5. The van der Waals surface area contributed by atoms with E-state index in [1.807, 2.05) is 41.8 Å². The molecule has 2 N–H and O–H groups in total. The van der Waals surface area contributed by atoms with Gasteiger partial charge in [-0.2, -0.15) is 0 Å². The molecule has 1 aromatic heterocycles. The van der Waals surface area contributed by atoms with Crippen LogP contribution in [0.25, 0.3) is 0 Å². The van der Waals surface area contributed by atoms with E-state index in [1.165, 1.54) is 41.4 Å². The van der Waals surface area contributed by atoms with Gasteiger partial charge in [0.25, 0.3) is 5.91 Å². The predicted molar refractivity (Wildman–Crippen MR) is 129 cm³/mol. The van der Waals surface area contributed by atoms with Crippen LogP contribution in [0.4, 0.5) is 10.1 Å². The lowest BCUT2D eigenvalue weighted by Gasteiger charge is -2.22. The van der Waals surface area contributed by atoms with Crippen LogP contribution < -0.4 is 15.5 Å². The van der Waals surface area contributed by atoms with E-state index in [-0.39, 0.29) is 6.42 Å². The number of benzodiazepines with no additional fused rings is 1. The molecule has 2 atom stereocenters. The summed E-state index contributed by atoms with van der Waals surface area (Å²) in [5.41, 5.74) is 2.58. The van der Waals surface area contributed by atoms with Gasteiger partial charge in [-0.1, -0.05) is 36.4 Å². The number of aliphatic imine (C=N–C) groups is 1. The molecule has 0 spiro atoms. The Morgan fingerprint density at radius 3 is 2.68 bits per heavy atom. The number of carbonyl (C=O) groups excluding carboxylic acids is 3. The van der Waals surface area contributed by atoms with Crippen LogP contribution in [0.2, 0.25) is 0 Å². The molecular formula is C25H23FN4O3S. The molecule has 3 aromatic rings. The van der Waals surface area contributed by atoms with Gasteiger partial charge in [0, 0.05) is 12.6 Å². The second-order valence-electron chi connectivity index (χ2n) is 7.88. The fourth-order valence-electron chi connectivity index (χ4n) is 3.68. The van der Waals surface area contributed by atoms with Crippen LogP contribution in [-0.4, -0.2) is 42.7 Å². The number of hydrogen-bond donors (Lipinski definition) is 2. The zero-order valence-electron chi connectivity index (χ0n) is 18.6. The zero-order chi connectivity index (χ0) is 24.2. The Labute approximate surface area is 200 Å². The largest absolute Gasteiger partial charge is 0.344 e. The molecule has 2 heterocycles. The molecule has 1 aliphatic rings. The number of likely N-dealkylation sites (N-methyl/N-ethyl adjacent to an activating group) is 1. The number of amides is 3. The molecule has 3 amide bonds. The molecule has 34 heavy (non-hydrogen) atoms. The molecule has 1 aliphatic heterocycles. The van der Waals surface area contributed by atoms with Gasteiger partial charge in [-0.05, 0) is 42.1 Å². The first kappa shape index (κ1) is 23.3. The predicted octanol–water partition coefficient (Wildman–Crippen LogP) is 2.89. The van der Waals surface area contributed by atoms with Crippen molar-refractivity contribution in [2.75, 3.05) is 11.9 Å². The molecular weight excluding hydrogens is 455 g/mol. The fraction of sp³-hybridized carbons (Fsp3) is 0.200. The van der Waals surface area contributed by atoms with Gasteiger partial charge < -0.3 is 15.5 Å². The van der Waals surface area contributed by atoms with E-state index in [0.29, 0.717) is 17.0 Å². The summed E-state index contributed by atoms with van der Waals surface area (Å²) >= 11 is 1.49. The number of fused-ring (bicyclic) bond motifs is 1. The second kappa shape index (κ2) is 9.96. The van der Waals surface area contributed by atoms with Gasteiger partial charge in [-0.25, -0.2) is 9.38 Å². The maximum Gasteiger partial charge on any atom is 0.272 e. The van der Waals surface area contributed by atoms with Crippen molar-refractivity contribution in [3.8, 4) is 0 Å². The number of carbonyl (C=O) groups is 3. The highest BCUT2D eigenvalue weighted by Gasteiger charge is 2.32. The van der Waals surface area contributed by atoms with Crippen molar-refractivity contribution < 1.29 is 18.8 Å². The molecule has 9 heteroatoms. The highest BCUT2D eigenvalue weighted by Crippen LogP contribution is 2.28. The van der Waals surface area contributed by atoms with E-state index in [0.717, 1.165) is 10.4 Å². The smallest absolute Gasteiger partial charge is 0.272 e. The van der Waals surface area contributed by atoms with Gasteiger partial charge in [0.05, 0.1) is 22.7 Å². The summed E-state index contributed by atoms with van der Waals surface area (Å²) in [6, 6.07) is 16.0. The lowest BCUT2D eigenvalue weighted by Crippen LogP contribution is -2.52. The highest BCUT2D eigenvalue weighted by atomic mass is 32.1. The normalized spacial score (nSPS) is 16.2. The molecule has 0 saturated heterocycles. The lowest BCUT2D eigenvalue weighted by molar-refractivity contribution is -0.130. The van der Waals surface area contributed by atoms with E-state index in [4.69, 9.17) is 0 Å². The minimum absolute atomic E-state index is 0.0730. The fourth-order valence-corrected chi connectivity index (χ4v) is 4.41. The first-order chi connectivity index (χ1) is 16.3. The van der Waals surface area contributed by atoms with E-state index < -0.39 is 35.7 Å². The molecule has 0 fully saturated rings. The number of para-hydroxylation sites is 1. The maximum atomic E-state index is 13.4. The van der Waals surface area contributed by atoms with E-state index in [2.05, 4.69) is 15.6 Å². The number of benzene rings is 2. The third kappa shape index (κ3) is 5.04. The van der Waals surface area contributed by atoms with Crippen LogP contribution in [0.3, 0.4) is 0 Å². The van der Waals surface area contributed by atoms with E-state index >= 15 is 0 Å². The molecule has 0 saturated carbocycles. The summed E-state index contributed by atoms with van der Waals surface area (Å²) in [4.78, 5) is 45.3. The van der Waals surface area contributed by atoms with Crippen LogP contribution in [0, 0.1) is 5.82 Å². The molecule has 1 unspecified atom stereocenters. The highest BCUT2D eigenvalue weighted by molar-refractivity contribution is 7.12. The Morgan fingerprint density at radius 2 is 1.94 bits per heavy atom. The first-order valence-electron chi connectivity index (χ1n) is 10.7. The summed E-state index contributed by atoms with van der Waals surface area (Å²) in [5.74, 6) is -1.83. The van der Waals surface area contributed by atoms with Gasteiger partial charge in [-0.15, -0.1) is 11.3 Å². The Balaban J connectivity index is 1.51. The van der Waals surface area contributed by atoms with E-state index in [1.54, 1.807) is 13.1 Å². The Morgan fingerprint density at radius 1 is 1.15 bits per heavy atom. The number of nitrogens with zero attached hydrogens (tertiary/aromatic N) is 2. The maximum absolute atomic E-state index is 13.4. The summed E-state index contributed by atoms with van der Waals surface area (Å²) in [6.07, 6.45) is -1.24. The minimum Gasteiger partial charge on any atom is -0.344 e. The van der Waals surface area contributed by atoms with Crippen LogP contribution in [0.5, 0.6) is 0 Å². The summed E-state index contributed by atoms with van der Waals surface area (Å²) in [7, 11) is 1.64. The summed E-state index contributed by atoms with van der Waals surface area (Å²) in [5, 5.41) is 7.16. The molecule has 0 bridgehead atoms. The molecule has 174 valence electrons. The molecule has 4 rings (SSSR count). The van der Waals surface area contributed by atoms with Crippen molar-refractivity contribution >= 4 is 40.5 Å². The third-order valence-corrected chi connectivity index (χ3v) is 6.28. The van der Waals surface area contributed by atoms with Crippen molar-refractivity contribution in [2.45, 2.75) is 25.6 Å². The number of halogens is 1. The average molecular weight is 479 g/mol. The van der Waals surface area contributed by atoms with Gasteiger partial charge in [0.1, 0.15) is 11.9 Å². The lowest BCUT2D eigenvalue weighted by atomic mass is 10.1. The van der Waals surface area contributed by atoms with Crippen molar-refractivity contribution in [1.82, 2.24) is 10.6 Å². The Bertz CT molecular complexity index is 1260. The molecule has 7 nitrogen and oxygen atoms in total. The van der Waals surface area contributed by atoms with Crippen molar-refractivity contribution in [1.29, 1.82) is 0 Å². The van der Waals surface area contributed by atoms with Gasteiger partial charge in [0.15, 0.2) is 0 Å². The van der Waals surface area contributed by atoms with Crippen LogP contribution in [0.15, 0.2) is 71.0 Å². The van der Waals surface area contributed by atoms with Gasteiger partial charge in [-0.3, -0.25) is 14.4 Å². The number of rotatable bonds is 6. The minimum atomic E-state index is -1.16. The number of nitrogens with one attached hydrogen (secondary N) is 2. The van der Waals surface area contributed by atoms with Crippen LogP contribution in [0.1, 0.15) is 22.9 Å². The van der Waals surface area contributed by atoms with Gasteiger partial charge in [0.2, 0.25) is 18.0 Å². The quantitative estimate of drug-likeness (QED) is 0.571. The molecule has 2 aromatic carbocycles. The Kier molecular flexibility index (Phi) is 6.83. The van der Waals surface area contributed by atoms with E-state index in [9.17, 15) is 18.8 Å². The number of anilines is 1. The standard InChI is InChI=1S/C25H23FN4O3S/c1-15(27-21(31)14-16-7-5-8-17(26)13-16)24(32)29-23-25(33)30(2)19-10-4-3-9-18(19)22(28-23)20-11-6-12-34-20/h3-13,15,23H,14H2,1-2H3,(H,27,31)(H,29,32)/t15-,23?/m0/s1.